The van der Waals surface area contributed by atoms with Crippen LogP contribution in [0.15, 0.2) is 0 Å². The normalized spacial score (nSPS) is 23.4. The van der Waals surface area contributed by atoms with Crippen LogP contribution in [0.4, 0.5) is 4.79 Å². The van der Waals surface area contributed by atoms with Crippen molar-refractivity contribution in [2.45, 2.75) is 45.2 Å². The van der Waals surface area contributed by atoms with Crippen molar-refractivity contribution in [2.24, 2.45) is 0 Å². The molecule has 3 N–H and O–H groups in total. The summed E-state index contributed by atoms with van der Waals surface area (Å²) in [5.41, 5.74) is -1.01. The molecule has 1 fully saturated rings. The minimum Gasteiger partial charge on any atom is -0.480 e. The van der Waals surface area contributed by atoms with Crippen molar-refractivity contribution in [3.8, 4) is 0 Å². The number of hydrogen-bond donors (Lipinski definition) is 3. The van der Waals surface area contributed by atoms with Crippen LogP contribution in [0.25, 0.3) is 0 Å². The van der Waals surface area contributed by atoms with Crippen LogP contribution in [-0.2, 0) is 14.4 Å². The topological polar surface area (TPSA) is 116 Å². The Morgan fingerprint density at radius 2 is 2.00 bits per heavy atom. The first-order chi connectivity index (χ1) is 9.25. The first kappa shape index (κ1) is 15.9. The summed E-state index contributed by atoms with van der Waals surface area (Å²) in [7, 11) is 0. The molecule has 4 amide bonds. The number of carbonyl (C=O) groups is 4. The van der Waals surface area contributed by atoms with E-state index in [9.17, 15) is 19.2 Å². The summed E-state index contributed by atoms with van der Waals surface area (Å²) >= 11 is 0. The molecule has 0 bridgehead atoms. The van der Waals surface area contributed by atoms with Crippen LogP contribution in [0.2, 0.25) is 0 Å². The van der Waals surface area contributed by atoms with E-state index in [0.717, 1.165) is 4.90 Å². The molecule has 1 unspecified atom stereocenters. The van der Waals surface area contributed by atoms with Crippen molar-refractivity contribution in [2.75, 3.05) is 6.54 Å². The Kier molecular flexibility index (Phi) is 4.69. The molecule has 112 valence electrons. The number of carbonyl (C=O) groups excluding carboxylic acids is 3. The van der Waals surface area contributed by atoms with Gasteiger partial charge in [0, 0.05) is 0 Å². The van der Waals surface area contributed by atoms with Crippen molar-refractivity contribution in [1.29, 1.82) is 0 Å². The van der Waals surface area contributed by atoms with Gasteiger partial charge in [0.1, 0.15) is 18.1 Å². The molecule has 1 saturated heterocycles. The van der Waals surface area contributed by atoms with Gasteiger partial charge in [0.25, 0.3) is 5.91 Å². The molecule has 0 aromatic heterocycles. The zero-order valence-corrected chi connectivity index (χ0v) is 11.7. The van der Waals surface area contributed by atoms with Crippen LogP contribution < -0.4 is 10.6 Å². The SMILES string of the molecule is CC[C@H](NC(=O)CN1C(=O)NC(C)(CC)C1=O)C(=O)O. The number of imide groups is 1. The van der Waals surface area contributed by atoms with Crippen LogP contribution in [0.5, 0.6) is 0 Å². The lowest BCUT2D eigenvalue weighted by Gasteiger charge is -2.19. The van der Waals surface area contributed by atoms with Gasteiger partial charge in [-0.3, -0.25) is 14.5 Å². The molecule has 0 aromatic rings. The van der Waals surface area contributed by atoms with Gasteiger partial charge >= 0.3 is 12.0 Å². The van der Waals surface area contributed by atoms with Gasteiger partial charge in [-0.25, -0.2) is 9.59 Å². The third-order valence-corrected chi connectivity index (χ3v) is 3.40. The highest BCUT2D eigenvalue weighted by Crippen LogP contribution is 2.20. The largest absolute Gasteiger partial charge is 0.480 e. The van der Waals surface area contributed by atoms with Crippen molar-refractivity contribution in [3.05, 3.63) is 0 Å². The Hall–Kier alpha value is -2.12. The highest BCUT2D eigenvalue weighted by Gasteiger charge is 2.47. The van der Waals surface area contributed by atoms with E-state index in [4.69, 9.17) is 5.11 Å². The smallest absolute Gasteiger partial charge is 0.326 e. The van der Waals surface area contributed by atoms with Gasteiger partial charge < -0.3 is 15.7 Å². The monoisotopic (exact) mass is 285 g/mol. The summed E-state index contributed by atoms with van der Waals surface area (Å²) in [4.78, 5) is 47.0. The number of urea groups is 1. The van der Waals surface area contributed by atoms with Crippen LogP contribution in [-0.4, -0.2) is 51.9 Å². The molecule has 8 nitrogen and oxygen atoms in total. The molecule has 0 aromatic carbocycles. The number of nitrogens with zero attached hydrogens (tertiary/aromatic N) is 1. The lowest BCUT2D eigenvalue weighted by atomic mass is 9.99. The number of carboxylic acids is 1. The van der Waals surface area contributed by atoms with Crippen LogP contribution in [0.3, 0.4) is 0 Å². The van der Waals surface area contributed by atoms with Crippen molar-refractivity contribution in [3.63, 3.8) is 0 Å². The molecular formula is C12H19N3O5. The van der Waals surface area contributed by atoms with E-state index >= 15 is 0 Å². The molecule has 1 aliphatic rings. The molecular weight excluding hydrogens is 266 g/mol. The average Bonchev–Trinajstić information content (AvgIpc) is 2.60. The van der Waals surface area contributed by atoms with E-state index in [1.54, 1.807) is 20.8 Å². The molecule has 1 heterocycles. The minimum atomic E-state index is -1.16. The summed E-state index contributed by atoms with van der Waals surface area (Å²) in [6, 6.07) is -1.67. The third-order valence-electron chi connectivity index (χ3n) is 3.40. The maximum Gasteiger partial charge on any atom is 0.326 e. The average molecular weight is 285 g/mol. The standard InChI is InChI=1S/C12H19N3O5/c1-4-7(9(17)18)13-8(16)6-15-10(19)12(3,5-2)14-11(15)20/h7H,4-6H2,1-3H3,(H,13,16)(H,14,20)(H,17,18)/t7-,12?/m0/s1. The van der Waals surface area contributed by atoms with Gasteiger partial charge in [-0.05, 0) is 19.8 Å². The highest BCUT2D eigenvalue weighted by molar-refractivity contribution is 6.08. The zero-order chi connectivity index (χ0) is 15.5. The van der Waals surface area contributed by atoms with E-state index in [2.05, 4.69) is 10.6 Å². The zero-order valence-electron chi connectivity index (χ0n) is 11.7. The van der Waals surface area contributed by atoms with Crippen LogP contribution >= 0.6 is 0 Å². The Morgan fingerprint density at radius 3 is 2.40 bits per heavy atom. The minimum absolute atomic E-state index is 0.216. The van der Waals surface area contributed by atoms with Crippen molar-refractivity contribution in [1.82, 2.24) is 15.5 Å². The number of hydrogen-bond acceptors (Lipinski definition) is 4. The first-order valence-corrected chi connectivity index (χ1v) is 6.41. The molecule has 8 heteroatoms. The molecule has 20 heavy (non-hydrogen) atoms. The van der Waals surface area contributed by atoms with Crippen molar-refractivity contribution < 1.29 is 24.3 Å². The maximum absolute atomic E-state index is 12.0. The fraction of sp³-hybridized carbons (Fsp3) is 0.667. The number of amides is 4. The first-order valence-electron chi connectivity index (χ1n) is 6.41. The van der Waals surface area contributed by atoms with Gasteiger partial charge in [-0.1, -0.05) is 13.8 Å². The van der Waals surface area contributed by atoms with E-state index in [-0.39, 0.29) is 6.42 Å². The molecule has 2 atom stereocenters. The fourth-order valence-corrected chi connectivity index (χ4v) is 1.85. The second-order valence-electron chi connectivity index (χ2n) is 4.87. The summed E-state index contributed by atoms with van der Waals surface area (Å²) < 4.78 is 0. The molecule has 1 aliphatic heterocycles. The van der Waals surface area contributed by atoms with Gasteiger partial charge in [-0.15, -0.1) is 0 Å². The van der Waals surface area contributed by atoms with Gasteiger partial charge in [0.05, 0.1) is 0 Å². The summed E-state index contributed by atoms with van der Waals surface area (Å²) in [6.07, 6.45) is 0.621. The quantitative estimate of drug-likeness (QED) is 0.579. The Balaban J connectivity index is 2.69. The Morgan fingerprint density at radius 1 is 1.40 bits per heavy atom. The lowest BCUT2D eigenvalue weighted by Crippen LogP contribution is -2.47. The molecule has 0 aliphatic carbocycles. The number of rotatable bonds is 6. The van der Waals surface area contributed by atoms with Crippen molar-refractivity contribution >= 4 is 23.8 Å². The summed E-state index contributed by atoms with van der Waals surface area (Å²) in [5, 5.41) is 13.6. The Bertz CT molecular complexity index is 450. The van der Waals surface area contributed by atoms with Crippen LogP contribution in [0.1, 0.15) is 33.6 Å². The predicted molar refractivity (Wildman–Crippen MR) is 68.8 cm³/mol. The summed E-state index contributed by atoms with van der Waals surface area (Å²) in [6.45, 7) is 4.46. The molecule has 1 rings (SSSR count). The predicted octanol–water partition coefficient (Wildman–Crippen LogP) is -0.314. The third kappa shape index (κ3) is 3.06. The molecule has 0 radical (unpaired) electrons. The molecule has 0 saturated carbocycles. The molecule has 0 spiro atoms. The lowest BCUT2D eigenvalue weighted by molar-refractivity contribution is -0.142. The van der Waals surface area contributed by atoms with E-state index in [1.807, 2.05) is 0 Å². The second kappa shape index (κ2) is 5.89. The van der Waals surface area contributed by atoms with E-state index < -0.39 is 41.9 Å². The fourth-order valence-electron chi connectivity index (χ4n) is 1.85. The van der Waals surface area contributed by atoms with Gasteiger partial charge in [0.2, 0.25) is 5.91 Å². The number of aliphatic carboxylic acids is 1. The summed E-state index contributed by atoms with van der Waals surface area (Å²) in [5.74, 6) is -2.32. The van der Waals surface area contributed by atoms with Crippen LogP contribution in [0, 0.1) is 0 Å². The maximum atomic E-state index is 12.0. The number of nitrogens with one attached hydrogen (secondary N) is 2. The number of carboxylic acid groups (broad SMARTS) is 1. The van der Waals surface area contributed by atoms with Gasteiger partial charge in [0.15, 0.2) is 0 Å². The van der Waals surface area contributed by atoms with E-state index in [0.29, 0.717) is 6.42 Å². The second-order valence-corrected chi connectivity index (χ2v) is 4.87. The highest BCUT2D eigenvalue weighted by atomic mass is 16.4. The Labute approximate surface area is 116 Å². The van der Waals surface area contributed by atoms with E-state index in [1.165, 1.54) is 0 Å². The van der Waals surface area contributed by atoms with Gasteiger partial charge in [-0.2, -0.15) is 0 Å².